The summed E-state index contributed by atoms with van der Waals surface area (Å²) in [5.41, 5.74) is 1.13. The molecule has 0 N–H and O–H groups in total. The number of nitrogens with zero attached hydrogens (tertiary/aromatic N) is 1. The fourth-order valence-corrected chi connectivity index (χ4v) is 3.57. The number of carbonyl (C=O) groups excluding carboxylic acids is 1. The van der Waals surface area contributed by atoms with Gasteiger partial charge in [0.25, 0.3) is 0 Å². The van der Waals surface area contributed by atoms with Crippen LogP contribution in [0.3, 0.4) is 0 Å². The molecular weight excluding hydrogens is 278 g/mol. The first-order valence-electron chi connectivity index (χ1n) is 6.69. The monoisotopic (exact) mass is 297 g/mol. The highest BCUT2D eigenvalue weighted by Gasteiger charge is 2.50. The second kappa shape index (κ2) is 5.93. The topological polar surface area (TPSA) is 63.5 Å². The normalized spacial score (nSPS) is 21.5. The van der Waals surface area contributed by atoms with Crippen molar-refractivity contribution >= 4 is 16.0 Å². The zero-order chi connectivity index (χ0) is 14.8. The lowest BCUT2D eigenvalue weighted by Crippen LogP contribution is -2.20. The van der Waals surface area contributed by atoms with Gasteiger partial charge in [0.2, 0.25) is 10.0 Å². The molecule has 1 heterocycles. The number of hydrogen-bond acceptors (Lipinski definition) is 4. The zero-order valence-corrected chi connectivity index (χ0v) is 12.5. The van der Waals surface area contributed by atoms with E-state index in [-0.39, 0.29) is 11.4 Å². The van der Waals surface area contributed by atoms with Crippen molar-refractivity contribution in [2.24, 2.45) is 0 Å². The minimum absolute atomic E-state index is 0.201. The number of esters is 1. The summed E-state index contributed by atoms with van der Waals surface area (Å²) in [6, 6.07) is 6.21. The highest BCUT2D eigenvalue weighted by molar-refractivity contribution is 7.89. The Morgan fingerprint density at radius 1 is 1.35 bits per heavy atom. The Morgan fingerprint density at radius 2 is 2.00 bits per heavy atom. The number of ether oxygens (including phenoxy) is 1. The van der Waals surface area contributed by atoms with Gasteiger partial charge in [0.15, 0.2) is 0 Å². The fourth-order valence-electron chi connectivity index (χ4n) is 2.06. The first kappa shape index (κ1) is 15.0. The van der Waals surface area contributed by atoms with Crippen LogP contribution in [0.15, 0.2) is 29.2 Å². The summed E-state index contributed by atoms with van der Waals surface area (Å²) in [5, 5.41) is 0. The first-order chi connectivity index (χ1) is 9.50. The number of carbonyl (C=O) groups is 1. The lowest BCUT2D eigenvalue weighted by atomic mass is 10.1. The fraction of sp³-hybridized carbons (Fsp3) is 0.500. The third kappa shape index (κ3) is 3.02. The molecule has 1 fully saturated rings. The van der Waals surface area contributed by atoms with Crippen molar-refractivity contribution in [3.8, 4) is 0 Å². The SMILES string of the molecule is CCCCc1ccc(S(=O)(=O)N2CC2C(=O)OC)cc1. The molecule has 2 rings (SSSR count). The molecule has 0 spiro atoms. The molecule has 0 bridgehead atoms. The number of unbranched alkanes of at least 4 members (excludes halogenated alkanes) is 1. The van der Waals surface area contributed by atoms with Crippen molar-refractivity contribution in [3.05, 3.63) is 29.8 Å². The predicted octanol–water partition coefficient (Wildman–Crippen LogP) is 1.58. The number of rotatable bonds is 6. The van der Waals surface area contributed by atoms with Crippen molar-refractivity contribution in [2.75, 3.05) is 13.7 Å². The molecule has 0 aromatic heterocycles. The molecule has 0 amide bonds. The summed E-state index contributed by atoms with van der Waals surface area (Å²) in [4.78, 5) is 11.5. The molecular formula is C14H19NO4S. The number of sulfonamides is 1. The summed E-state index contributed by atoms with van der Waals surface area (Å²) in [6.07, 6.45) is 3.14. The largest absolute Gasteiger partial charge is 0.468 e. The highest BCUT2D eigenvalue weighted by Crippen LogP contribution is 2.29. The number of aryl methyl sites for hydroxylation is 1. The first-order valence-corrected chi connectivity index (χ1v) is 8.13. The Bertz CT molecular complexity index is 580. The van der Waals surface area contributed by atoms with Crippen LogP contribution in [0, 0.1) is 0 Å². The van der Waals surface area contributed by atoms with Crippen LogP contribution in [-0.4, -0.2) is 38.4 Å². The maximum absolute atomic E-state index is 12.3. The molecule has 1 aromatic rings. The van der Waals surface area contributed by atoms with E-state index in [4.69, 9.17) is 0 Å². The van der Waals surface area contributed by atoms with Gasteiger partial charge in [-0.1, -0.05) is 25.5 Å². The Morgan fingerprint density at radius 3 is 2.55 bits per heavy atom. The van der Waals surface area contributed by atoms with E-state index >= 15 is 0 Å². The lowest BCUT2D eigenvalue weighted by molar-refractivity contribution is -0.140. The average Bonchev–Trinajstić information content (AvgIpc) is 3.26. The third-order valence-corrected chi connectivity index (χ3v) is 5.28. The van der Waals surface area contributed by atoms with E-state index in [2.05, 4.69) is 11.7 Å². The molecule has 0 saturated carbocycles. The summed E-state index contributed by atoms with van der Waals surface area (Å²) < 4.78 is 30.2. The van der Waals surface area contributed by atoms with E-state index in [0.717, 1.165) is 29.1 Å². The highest BCUT2D eigenvalue weighted by atomic mass is 32.2. The molecule has 1 aromatic carbocycles. The number of methoxy groups -OCH3 is 1. The van der Waals surface area contributed by atoms with E-state index < -0.39 is 22.0 Å². The van der Waals surface area contributed by atoms with E-state index in [9.17, 15) is 13.2 Å². The van der Waals surface area contributed by atoms with Crippen molar-refractivity contribution in [1.82, 2.24) is 4.31 Å². The Balaban J connectivity index is 2.09. The van der Waals surface area contributed by atoms with E-state index in [1.165, 1.54) is 7.11 Å². The van der Waals surface area contributed by atoms with Crippen LogP contribution < -0.4 is 0 Å². The Kier molecular flexibility index (Phi) is 4.45. The predicted molar refractivity (Wildman–Crippen MR) is 74.7 cm³/mol. The van der Waals surface area contributed by atoms with Crippen LogP contribution in [0.1, 0.15) is 25.3 Å². The van der Waals surface area contributed by atoms with Crippen molar-refractivity contribution in [2.45, 2.75) is 37.1 Å². The van der Waals surface area contributed by atoms with Gasteiger partial charge in [-0.25, -0.2) is 8.42 Å². The van der Waals surface area contributed by atoms with Gasteiger partial charge in [-0.05, 0) is 30.5 Å². The van der Waals surface area contributed by atoms with Crippen molar-refractivity contribution in [1.29, 1.82) is 0 Å². The number of benzene rings is 1. The van der Waals surface area contributed by atoms with Crippen LogP contribution in [-0.2, 0) is 26.0 Å². The maximum atomic E-state index is 12.3. The molecule has 1 aliphatic heterocycles. The van der Waals surface area contributed by atoms with Gasteiger partial charge < -0.3 is 4.74 Å². The lowest BCUT2D eigenvalue weighted by Gasteiger charge is -2.07. The van der Waals surface area contributed by atoms with Gasteiger partial charge in [-0.15, -0.1) is 0 Å². The molecule has 2 atom stereocenters. The number of hydrogen-bond donors (Lipinski definition) is 0. The molecule has 1 saturated heterocycles. The molecule has 0 aliphatic carbocycles. The van der Waals surface area contributed by atoms with Crippen LogP contribution in [0.5, 0.6) is 0 Å². The van der Waals surface area contributed by atoms with E-state index in [1.54, 1.807) is 12.1 Å². The summed E-state index contributed by atoms with van der Waals surface area (Å²) in [5.74, 6) is -0.506. The molecule has 6 heteroatoms. The van der Waals surface area contributed by atoms with Crippen LogP contribution >= 0.6 is 0 Å². The summed E-state index contributed by atoms with van der Waals surface area (Å²) in [7, 11) is -2.32. The van der Waals surface area contributed by atoms with Gasteiger partial charge in [-0.2, -0.15) is 4.31 Å². The van der Waals surface area contributed by atoms with Crippen LogP contribution in [0.25, 0.3) is 0 Å². The second-order valence-corrected chi connectivity index (χ2v) is 6.75. The van der Waals surface area contributed by atoms with Gasteiger partial charge in [0.05, 0.1) is 12.0 Å². The van der Waals surface area contributed by atoms with Crippen molar-refractivity contribution in [3.63, 3.8) is 0 Å². The molecule has 1 aliphatic rings. The molecule has 5 nitrogen and oxygen atoms in total. The minimum Gasteiger partial charge on any atom is -0.468 e. The molecule has 2 unspecified atom stereocenters. The van der Waals surface area contributed by atoms with E-state index in [0.29, 0.717) is 0 Å². The Hall–Kier alpha value is -1.40. The minimum atomic E-state index is -3.57. The van der Waals surface area contributed by atoms with Gasteiger partial charge in [0.1, 0.15) is 6.04 Å². The third-order valence-electron chi connectivity index (χ3n) is 3.39. The summed E-state index contributed by atoms with van der Waals surface area (Å²) >= 11 is 0. The van der Waals surface area contributed by atoms with Crippen LogP contribution in [0.2, 0.25) is 0 Å². The zero-order valence-electron chi connectivity index (χ0n) is 11.7. The van der Waals surface area contributed by atoms with E-state index in [1.807, 2.05) is 12.1 Å². The molecule has 110 valence electrons. The van der Waals surface area contributed by atoms with Crippen molar-refractivity contribution < 1.29 is 17.9 Å². The molecule has 20 heavy (non-hydrogen) atoms. The Labute approximate surface area is 119 Å². The smallest absolute Gasteiger partial charge is 0.325 e. The standard InChI is InChI=1S/C14H19NO4S/c1-3-4-5-11-6-8-12(9-7-11)20(17,18)15-10-13(15)14(16)19-2/h6-9,13H,3-5,10H2,1-2H3. The quantitative estimate of drug-likeness (QED) is 0.590. The average molecular weight is 297 g/mol. The van der Waals surface area contributed by atoms with Crippen LogP contribution in [0.4, 0.5) is 0 Å². The van der Waals surface area contributed by atoms with Gasteiger partial charge in [0, 0.05) is 6.54 Å². The van der Waals surface area contributed by atoms with Gasteiger partial charge in [-0.3, -0.25) is 4.79 Å². The molecule has 0 radical (unpaired) electrons. The summed E-state index contributed by atoms with van der Waals surface area (Å²) in [6.45, 7) is 2.32. The maximum Gasteiger partial charge on any atom is 0.325 e. The van der Waals surface area contributed by atoms with Gasteiger partial charge >= 0.3 is 5.97 Å². The second-order valence-electron chi connectivity index (χ2n) is 4.86.